The van der Waals surface area contributed by atoms with Crippen molar-refractivity contribution in [1.82, 2.24) is 25.2 Å². The van der Waals surface area contributed by atoms with E-state index in [1.807, 2.05) is 6.92 Å². The van der Waals surface area contributed by atoms with Crippen molar-refractivity contribution in [1.29, 1.82) is 0 Å². The average molecular weight is 292 g/mol. The number of aromatic nitrogens is 5. The summed E-state index contributed by atoms with van der Waals surface area (Å²) in [4.78, 5) is 24.7. The van der Waals surface area contributed by atoms with Gasteiger partial charge < -0.3 is 9.30 Å². The fraction of sp³-hybridized carbons (Fsp3) is 0.417. The molecule has 0 saturated heterocycles. The van der Waals surface area contributed by atoms with Gasteiger partial charge in [0, 0.05) is 19.3 Å². The van der Waals surface area contributed by atoms with Gasteiger partial charge in [-0.1, -0.05) is 5.10 Å². The predicted octanol–water partition coefficient (Wildman–Crippen LogP) is -0.123. The number of nitrogens with one attached hydrogen (secondary N) is 2. The van der Waals surface area contributed by atoms with Gasteiger partial charge in [0.05, 0.1) is 6.61 Å². The van der Waals surface area contributed by atoms with E-state index in [4.69, 9.17) is 4.74 Å². The zero-order valence-electron chi connectivity index (χ0n) is 12.0. The lowest BCUT2D eigenvalue weighted by atomic mass is 10.1. The molecule has 0 aliphatic rings. The van der Waals surface area contributed by atoms with Crippen LogP contribution in [0, 0.1) is 13.8 Å². The quantitative estimate of drug-likeness (QED) is 0.793. The molecule has 112 valence electrons. The highest BCUT2D eigenvalue weighted by Gasteiger charge is 2.18. The number of carbonyl (C=O) groups is 1. The second-order valence-corrected chi connectivity index (χ2v) is 4.48. The van der Waals surface area contributed by atoms with Gasteiger partial charge in [0.25, 0.3) is 17.4 Å². The van der Waals surface area contributed by atoms with Gasteiger partial charge in [-0.25, -0.2) is 0 Å². The molecule has 0 aliphatic carbocycles. The Bertz CT molecular complexity index is 692. The Hall–Kier alpha value is -2.55. The fourth-order valence-electron chi connectivity index (χ4n) is 2.04. The number of methoxy groups -OCH3 is 1. The highest BCUT2D eigenvalue weighted by atomic mass is 16.5. The topological polar surface area (TPSA) is 115 Å². The van der Waals surface area contributed by atoms with Crippen LogP contribution in [0.1, 0.15) is 21.6 Å². The maximum Gasteiger partial charge on any atom is 0.270 e. The average Bonchev–Trinajstić information content (AvgIpc) is 2.91. The molecule has 0 atom stereocenters. The minimum absolute atomic E-state index is 0.0165. The van der Waals surface area contributed by atoms with Crippen molar-refractivity contribution in [3.05, 3.63) is 33.2 Å². The number of rotatable bonds is 5. The first-order valence-electron chi connectivity index (χ1n) is 6.29. The predicted molar refractivity (Wildman–Crippen MR) is 74.2 cm³/mol. The molecule has 2 heterocycles. The third-order valence-corrected chi connectivity index (χ3v) is 3.02. The van der Waals surface area contributed by atoms with Gasteiger partial charge in [0.2, 0.25) is 0 Å². The molecule has 21 heavy (non-hydrogen) atoms. The molecule has 0 spiro atoms. The van der Waals surface area contributed by atoms with Crippen molar-refractivity contribution in [3.63, 3.8) is 0 Å². The van der Waals surface area contributed by atoms with Gasteiger partial charge >= 0.3 is 0 Å². The van der Waals surface area contributed by atoms with E-state index in [-0.39, 0.29) is 17.1 Å². The SMILES string of the molecule is COCCn1c(C)cc(C)c(C(=O)Nc2nn[nH]n2)c1=O. The van der Waals surface area contributed by atoms with Crippen molar-refractivity contribution in [2.75, 3.05) is 19.0 Å². The molecule has 2 aromatic rings. The summed E-state index contributed by atoms with van der Waals surface area (Å²) in [6, 6.07) is 1.78. The number of anilines is 1. The van der Waals surface area contributed by atoms with Crippen molar-refractivity contribution < 1.29 is 9.53 Å². The monoisotopic (exact) mass is 292 g/mol. The number of ether oxygens (including phenoxy) is 1. The molecule has 9 nitrogen and oxygen atoms in total. The lowest BCUT2D eigenvalue weighted by Gasteiger charge is -2.13. The third-order valence-electron chi connectivity index (χ3n) is 3.02. The Labute approximate surface area is 120 Å². The second kappa shape index (κ2) is 6.27. The summed E-state index contributed by atoms with van der Waals surface area (Å²) in [6.45, 7) is 4.28. The van der Waals surface area contributed by atoms with Crippen LogP contribution in [0.3, 0.4) is 0 Å². The van der Waals surface area contributed by atoms with E-state index in [0.29, 0.717) is 18.7 Å². The number of aryl methyl sites for hydroxylation is 2. The lowest BCUT2D eigenvalue weighted by Crippen LogP contribution is -2.33. The number of amides is 1. The minimum Gasteiger partial charge on any atom is -0.383 e. The normalized spacial score (nSPS) is 10.6. The first-order valence-corrected chi connectivity index (χ1v) is 6.29. The standard InChI is InChI=1S/C12H16N6O3/c1-7-6-8(2)18(4-5-21-3)11(20)9(7)10(19)13-12-14-16-17-15-12/h6H,4-5H2,1-3H3,(H2,13,14,15,16,17,19). The smallest absolute Gasteiger partial charge is 0.270 e. The number of nitrogens with zero attached hydrogens (tertiary/aromatic N) is 4. The van der Waals surface area contributed by atoms with Crippen molar-refractivity contribution >= 4 is 11.9 Å². The zero-order chi connectivity index (χ0) is 15.4. The van der Waals surface area contributed by atoms with E-state index in [9.17, 15) is 9.59 Å². The van der Waals surface area contributed by atoms with Crippen molar-refractivity contribution in [3.8, 4) is 0 Å². The summed E-state index contributed by atoms with van der Waals surface area (Å²) in [5.74, 6) is -0.548. The molecule has 9 heteroatoms. The Morgan fingerprint density at radius 1 is 1.48 bits per heavy atom. The van der Waals surface area contributed by atoms with Gasteiger partial charge in [0.1, 0.15) is 5.56 Å². The number of pyridine rings is 1. The molecular formula is C12H16N6O3. The Morgan fingerprint density at radius 3 is 2.86 bits per heavy atom. The van der Waals surface area contributed by atoms with Crippen molar-refractivity contribution in [2.24, 2.45) is 0 Å². The number of hydrogen-bond acceptors (Lipinski definition) is 6. The number of hydrogen-bond donors (Lipinski definition) is 2. The summed E-state index contributed by atoms with van der Waals surface area (Å²) in [5, 5.41) is 15.2. The first-order chi connectivity index (χ1) is 10.0. The van der Waals surface area contributed by atoms with Crippen LogP contribution < -0.4 is 10.9 Å². The summed E-state index contributed by atoms with van der Waals surface area (Å²) in [5.41, 5.74) is 1.05. The second-order valence-electron chi connectivity index (χ2n) is 4.48. The zero-order valence-corrected chi connectivity index (χ0v) is 12.0. The lowest BCUT2D eigenvalue weighted by molar-refractivity contribution is 0.102. The Balaban J connectivity index is 2.38. The van der Waals surface area contributed by atoms with Gasteiger partial charge in [-0.2, -0.15) is 5.21 Å². The van der Waals surface area contributed by atoms with Crippen LogP contribution in [-0.4, -0.2) is 44.8 Å². The number of carbonyl (C=O) groups excluding carboxylic acids is 1. The molecule has 0 aliphatic heterocycles. The molecule has 2 aromatic heterocycles. The van der Waals surface area contributed by atoms with E-state index in [0.717, 1.165) is 5.69 Å². The Kier molecular flexibility index (Phi) is 4.43. The van der Waals surface area contributed by atoms with E-state index >= 15 is 0 Å². The number of tetrazole rings is 1. The molecule has 2 N–H and O–H groups in total. The van der Waals surface area contributed by atoms with E-state index in [1.165, 1.54) is 4.57 Å². The fourth-order valence-corrected chi connectivity index (χ4v) is 2.04. The third kappa shape index (κ3) is 3.14. The van der Waals surface area contributed by atoms with Gasteiger partial charge in [-0.3, -0.25) is 14.9 Å². The molecule has 0 aromatic carbocycles. The van der Waals surface area contributed by atoms with Crippen LogP contribution in [0.5, 0.6) is 0 Å². The summed E-state index contributed by atoms with van der Waals surface area (Å²) >= 11 is 0. The molecule has 2 rings (SSSR count). The van der Waals surface area contributed by atoms with E-state index in [1.54, 1.807) is 20.1 Å². The maximum atomic E-state index is 12.5. The van der Waals surface area contributed by atoms with E-state index < -0.39 is 5.91 Å². The van der Waals surface area contributed by atoms with Gasteiger partial charge in [-0.05, 0) is 30.7 Å². The maximum absolute atomic E-state index is 12.5. The van der Waals surface area contributed by atoms with Crippen LogP contribution in [0.4, 0.5) is 5.95 Å². The van der Waals surface area contributed by atoms with Gasteiger partial charge in [0.15, 0.2) is 0 Å². The Morgan fingerprint density at radius 2 is 2.24 bits per heavy atom. The molecular weight excluding hydrogens is 276 g/mol. The largest absolute Gasteiger partial charge is 0.383 e. The molecule has 0 unspecified atom stereocenters. The van der Waals surface area contributed by atoms with Crippen LogP contribution in [0.25, 0.3) is 0 Å². The number of H-pyrrole nitrogens is 1. The van der Waals surface area contributed by atoms with E-state index in [2.05, 4.69) is 25.9 Å². The van der Waals surface area contributed by atoms with Crippen molar-refractivity contribution in [2.45, 2.75) is 20.4 Å². The number of aromatic amines is 1. The van der Waals surface area contributed by atoms with Gasteiger partial charge in [-0.15, -0.1) is 5.10 Å². The highest BCUT2D eigenvalue weighted by Crippen LogP contribution is 2.08. The molecule has 0 radical (unpaired) electrons. The van der Waals surface area contributed by atoms with Crippen LogP contribution >= 0.6 is 0 Å². The molecule has 1 amide bonds. The van der Waals surface area contributed by atoms with Crippen LogP contribution in [0.2, 0.25) is 0 Å². The highest BCUT2D eigenvalue weighted by molar-refractivity contribution is 6.04. The summed E-state index contributed by atoms with van der Waals surface area (Å²) < 4.78 is 6.48. The van der Waals surface area contributed by atoms with Crippen LogP contribution in [-0.2, 0) is 11.3 Å². The van der Waals surface area contributed by atoms with Crippen LogP contribution in [0.15, 0.2) is 10.9 Å². The summed E-state index contributed by atoms with van der Waals surface area (Å²) in [7, 11) is 1.55. The molecule has 0 fully saturated rings. The molecule has 0 saturated carbocycles. The summed E-state index contributed by atoms with van der Waals surface area (Å²) in [6.07, 6.45) is 0. The minimum atomic E-state index is -0.565. The first kappa shape index (κ1) is 14.9. The molecule has 0 bridgehead atoms.